The normalized spacial score (nSPS) is 18.9. The number of benzene rings is 1. The molecule has 0 aliphatic heterocycles. The Hall–Kier alpha value is -1.35. The summed E-state index contributed by atoms with van der Waals surface area (Å²) in [6.45, 7) is 2.16. The van der Waals surface area contributed by atoms with E-state index in [9.17, 15) is 4.79 Å². The molecule has 19 heavy (non-hydrogen) atoms. The van der Waals surface area contributed by atoms with Gasteiger partial charge in [0.15, 0.2) is 0 Å². The van der Waals surface area contributed by atoms with Crippen LogP contribution in [0.2, 0.25) is 0 Å². The number of carbonyl (C=O) groups is 1. The van der Waals surface area contributed by atoms with E-state index in [1.54, 1.807) is 0 Å². The minimum absolute atomic E-state index is 0.106. The van der Waals surface area contributed by atoms with E-state index >= 15 is 0 Å². The zero-order chi connectivity index (χ0) is 13.7. The van der Waals surface area contributed by atoms with Crippen molar-refractivity contribution in [3.05, 3.63) is 35.4 Å². The number of amides is 1. The molecule has 2 unspecified atom stereocenters. The monoisotopic (exact) mass is 261 g/mol. The molecule has 1 aliphatic carbocycles. The van der Waals surface area contributed by atoms with E-state index in [1.165, 1.54) is 11.1 Å². The van der Waals surface area contributed by atoms with Crippen molar-refractivity contribution in [1.82, 2.24) is 5.32 Å². The lowest BCUT2D eigenvalue weighted by Crippen LogP contribution is -2.35. The maximum Gasteiger partial charge on any atom is 0.220 e. The van der Waals surface area contributed by atoms with Crippen LogP contribution in [-0.4, -0.2) is 23.7 Å². The maximum atomic E-state index is 12.1. The Balaban J connectivity index is 1.90. The number of nitrogens with one attached hydrogen (secondary N) is 1. The quantitative estimate of drug-likeness (QED) is 0.826. The maximum absolute atomic E-state index is 12.1. The standard InChI is InChI=1S/C16H23NO2/c1-2-14(9-10-18)17-16(19)11-13-8-7-12-5-3-4-6-15(12)13/h3-6,13-14,18H,2,7-11H2,1H3,(H,17,19). The highest BCUT2D eigenvalue weighted by atomic mass is 16.3. The summed E-state index contributed by atoms with van der Waals surface area (Å²) >= 11 is 0. The molecule has 2 N–H and O–H groups in total. The third-order valence-electron chi connectivity index (χ3n) is 4.02. The van der Waals surface area contributed by atoms with Gasteiger partial charge < -0.3 is 10.4 Å². The first-order chi connectivity index (χ1) is 9.24. The van der Waals surface area contributed by atoms with Crippen LogP contribution in [0.25, 0.3) is 0 Å². The van der Waals surface area contributed by atoms with Gasteiger partial charge in [-0.1, -0.05) is 31.2 Å². The molecule has 0 aromatic heterocycles. The predicted octanol–water partition coefficient (Wildman–Crippen LogP) is 2.38. The first-order valence-electron chi connectivity index (χ1n) is 7.22. The number of rotatable bonds is 6. The first kappa shape index (κ1) is 14.1. The van der Waals surface area contributed by atoms with Crippen LogP contribution in [0.1, 0.15) is 49.7 Å². The fraction of sp³-hybridized carbons (Fsp3) is 0.562. The van der Waals surface area contributed by atoms with E-state index < -0.39 is 0 Å². The second kappa shape index (κ2) is 6.71. The fourth-order valence-electron chi connectivity index (χ4n) is 2.90. The van der Waals surface area contributed by atoms with Crippen molar-refractivity contribution in [1.29, 1.82) is 0 Å². The van der Waals surface area contributed by atoms with Crippen LogP contribution in [-0.2, 0) is 11.2 Å². The summed E-state index contributed by atoms with van der Waals surface area (Å²) in [7, 11) is 0. The number of carbonyl (C=O) groups excluding carboxylic acids is 1. The molecule has 0 fully saturated rings. The van der Waals surface area contributed by atoms with Gasteiger partial charge in [-0.05, 0) is 42.7 Å². The molecular formula is C16H23NO2. The van der Waals surface area contributed by atoms with Gasteiger partial charge in [-0.2, -0.15) is 0 Å². The van der Waals surface area contributed by atoms with Gasteiger partial charge in [0.05, 0.1) is 0 Å². The van der Waals surface area contributed by atoms with Crippen LogP contribution in [0.5, 0.6) is 0 Å². The van der Waals surface area contributed by atoms with Crippen LogP contribution >= 0.6 is 0 Å². The molecule has 3 heteroatoms. The number of aliphatic hydroxyl groups excluding tert-OH is 1. The van der Waals surface area contributed by atoms with E-state index in [0.29, 0.717) is 18.8 Å². The predicted molar refractivity (Wildman–Crippen MR) is 76.0 cm³/mol. The third-order valence-corrected chi connectivity index (χ3v) is 4.02. The zero-order valence-electron chi connectivity index (χ0n) is 11.6. The molecule has 0 radical (unpaired) electrons. The largest absolute Gasteiger partial charge is 0.396 e. The molecule has 0 heterocycles. The molecule has 2 rings (SSSR count). The molecule has 1 aromatic rings. The number of fused-ring (bicyclic) bond motifs is 1. The van der Waals surface area contributed by atoms with Crippen molar-refractivity contribution >= 4 is 5.91 Å². The number of hydrogen-bond acceptors (Lipinski definition) is 2. The van der Waals surface area contributed by atoms with E-state index in [1.807, 2.05) is 6.92 Å². The summed E-state index contributed by atoms with van der Waals surface area (Å²) in [6.07, 6.45) is 4.24. The molecule has 1 aromatic carbocycles. The second-order valence-corrected chi connectivity index (χ2v) is 5.32. The summed E-state index contributed by atoms with van der Waals surface area (Å²) in [5, 5.41) is 12.0. The van der Waals surface area contributed by atoms with Crippen molar-refractivity contribution in [3.8, 4) is 0 Å². The molecule has 104 valence electrons. The smallest absolute Gasteiger partial charge is 0.220 e. The van der Waals surface area contributed by atoms with Crippen molar-refractivity contribution in [2.75, 3.05) is 6.61 Å². The van der Waals surface area contributed by atoms with Gasteiger partial charge in [-0.25, -0.2) is 0 Å². The van der Waals surface area contributed by atoms with E-state index in [0.717, 1.165) is 19.3 Å². The molecule has 1 amide bonds. The lowest BCUT2D eigenvalue weighted by molar-refractivity contribution is -0.122. The summed E-state index contributed by atoms with van der Waals surface area (Å²) < 4.78 is 0. The Morgan fingerprint density at radius 2 is 2.26 bits per heavy atom. The fourth-order valence-corrected chi connectivity index (χ4v) is 2.90. The van der Waals surface area contributed by atoms with Crippen LogP contribution in [0.15, 0.2) is 24.3 Å². The molecular weight excluding hydrogens is 238 g/mol. The van der Waals surface area contributed by atoms with Crippen LogP contribution in [0.4, 0.5) is 0 Å². The average Bonchev–Trinajstić information content (AvgIpc) is 2.82. The summed E-state index contributed by atoms with van der Waals surface area (Å²) in [5.41, 5.74) is 2.73. The van der Waals surface area contributed by atoms with E-state index in [2.05, 4.69) is 29.6 Å². The van der Waals surface area contributed by atoms with Crippen molar-refractivity contribution in [2.24, 2.45) is 0 Å². The number of hydrogen-bond donors (Lipinski definition) is 2. The van der Waals surface area contributed by atoms with Gasteiger partial charge in [0.1, 0.15) is 0 Å². The second-order valence-electron chi connectivity index (χ2n) is 5.32. The zero-order valence-corrected chi connectivity index (χ0v) is 11.6. The van der Waals surface area contributed by atoms with Gasteiger partial charge in [-0.3, -0.25) is 4.79 Å². The van der Waals surface area contributed by atoms with Crippen molar-refractivity contribution in [2.45, 2.75) is 51.0 Å². The van der Waals surface area contributed by atoms with Gasteiger partial charge in [-0.15, -0.1) is 0 Å². The van der Waals surface area contributed by atoms with Crippen LogP contribution in [0, 0.1) is 0 Å². The number of aliphatic hydroxyl groups is 1. The molecule has 1 aliphatic rings. The molecule has 2 atom stereocenters. The third kappa shape index (κ3) is 3.57. The van der Waals surface area contributed by atoms with E-state index in [-0.39, 0.29) is 18.6 Å². The molecule has 0 saturated heterocycles. The lowest BCUT2D eigenvalue weighted by Gasteiger charge is -2.18. The average molecular weight is 261 g/mol. The highest BCUT2D eigenvalue weighted by molar-refractivity contribution is 5.77. The van der Waals surface area contributed by atoms with Gasteiger partial charge >= 0.3 is 0 Å². The lowest BCUT2D eigenvalue weighted by atomic mass is 9.97. The van der Waals surface area contributed by atoms with Gasteiger partial charge in [0, 0.05) is 19.1 Å². The Morgan fingerprint density at radius 3 is 3.00 bits per heavy atom. The Bertz CT molecular complexity index is 431. The van der Waals surface area contributed by atoms with Gasteiger partial charge in [0.25, 0.3) is 0 Å². The summed E-state index contributed by atoms with van der Waals surface area (Å²) in [5.74, 6) is 0.477. The Labute approximate surface area is 115 Å². The van der Waals surface area contributed by atoms with Crippen molar-refractivity contribution < 1.29 is 9.90 Å². The van der Waals surface area contributed by atoms with Crippen LogP contribution in [0.3, 0.4) is 0 Å². The number of aryl methyl sites for hydroxylation is 1. The summed E-state index contributed by atoms with van der Waals surface area (Å²) in [6, 6.07) is 8.53. The molecule has 0 bridgehead atoms. The van der Waals surface area contributed by atoms with Crippen molar-refractivity contribution in [3.63, 3.8) is 0 Å². The molecule has 3 nitrogen and oxygen atoms in total. The van der Waals surface area contributed by atoms with E-state index in [4.69, 9.17) is 5.11 Å². The minimum atomic E-state index is 0.106. The SMILES string of the molecule is CCC(CCO)NC(=O)CC1CCc2ccccc21. The van der Waals surface area contributed by atoms with Gasteiger partial charge in [0.2, 0.25) is 5.91 Å². The first-order valence-corrected chi connectivity index (χ1v) is 7.22. The molecule has 0 saturated carbocycles. The Morgan fingerprint density at radius 1 is 1.47 bits per heavy atom. The molecule has 0 spiro atoms. The highest BCUT2D eigenvalue weighted by Crippen LogP contribution is 2.35. The summed E-state index contributed by atoms with van der Waals surface area (Å²) in [4.78, 5) is 12.1. The topological polar surface area (TPSA) is 49.3 Å². The minimum Gasteiger partial charge on any atom is -0.396 e. The highest BCUT2D eigenvalue weighted by Gasteiger charge is 2.24. The Kier molecular flexibility index (Phi) is 4.97. The van der Waals surface area contributed by atoms with Crippen LogP contribution < -0.4 is 5.32 Å².